The van der Waals surface area contributed by atoms with Crippen LogP contribution in [0, 0.1) is 0 Å². The van der Waals surface area contributed by atoms with Crippen LogP contribution >= 0.6 is 27.7 Å². The van der Waals surface area contributed by atoms with Crippen molar-refractivity contribution in [2.24, 2.45) is 0 Å². The van der Waals surface area contributed by atoms with Gasteiger partial charge < -0.3 is 4.90 Å². The first kappa shape index (κ1) is 16.6. The van der Waals surface area contributed by atoms with E-state index in [-0.39, 0.29) is 5.91 Å². The molecule has 4 heteroatoms. The number of carbonyl (C=O) groups excluding carboxylic acids is 1. The molecular formula is C19H20BrNOS. The van der Waals surface area contributed by atoms with E-state index in [9.17, 15) is 4.79 Å². The highest BCUT2D eigenvalue weighted by Crippen LogP contribution is 2.30. The number of thioether (sulfide) groups is 1. The zero-order chi connectivity index (χ0) is 16.2. The standard InChI is InChI=1S/C19H20BrNOS/c1-23-13-14-5-7-16(8-6-14)19(22)21(18-9-10-18)12-15-3-2-4-17(20)11-15/h2-8,11,18H,9-10,12-13H2,1H3. The predicted molar refractivity (Wildman–Crippen MR) is 101 cm³/mol. The van der Waals surface area contributed by atoms with Gasteiger partial charge in [0.05, 0.1) is 0 Å². The van der Waals surface area contributed by atoms with Gasteiger partial charge >= 0.3 is 0 Å². The summed E-state index contributed by atoms with van der Waals surface area (Å²) in [5, 5.41) is 0. The molecule has 120 valence electrons. The molecule has 2 aromatic rings. The molecule has 0 unspecified atom stereocenters. The molecule has 23 heavy (non-hydrogen) atoms. The van der Waals surface area contributed by atoms with E-state index in [1.165, 1.54) is 11.1 Å². The fourth-order valence-corrected chi connectivity index (χ4v) is 3.63. The molecule has 0 spiro atoms. The van der Waals surface area contributed by atoms with Crippen LogP contribution in [0.15, 0.2) is 53.0 Å². The molecule has 0 radical (unpaired) electrons. The molecule has 3 rings (SSSR count). The van der Waals surface area contributed by atoms with Crippen molar-refractivity contribution in [3.05, 3.63) is 69.7 Å². The summed E-state index contributed by atoms with van der Waals surface area (Å²) in [7, 11) is 0. The van der Waals surface area contributed by atoms with Gasteiger partial charge in [-0.1, -0.05) is 40.2 Å². The van der Waals surface area contributed by atoms with Gasteiger partial charge in [-0.2, -0.15) is 11.8 Å². The van der Waals surface area contributed by atoms with Crippen LogP contribution in [0.4, 0.5) is 0 Å². The largest absolute Gasteiger partial charge is 0.331 e. The Morgan fingerprint density at radius 3 is 2.52 bits per heavy atom. The van der Waals surface area contributed by atoms with E-state index >= 15 is 0 Å². The zero-order valence-corrected chi connectivity index (χ0v) is 15.6. The molecule has 0 N–H and O–H groups in total. The van der Waals surface area contributed by atoms with E-state index in [4.69, 9.17) is 0 Å². The van der Waals surface area contributed by atoms with Crippen molar-refractivity contribution in [1.29, 1.82) is 0 Å². The summed E-state index contributed by atoms with van der Waals surface area (Å²) in [6.07, 6.45) is 4.32. The molecular weight excluding hydrogens is 370 g/mol. The van der Waals surface area contributed by atoms with Crippen molar-refractivity contribution < 1.29 is 4.79 Å². The van der Waals surface area contributed by atoms with Gasteiger partial charge in [0, 0.05) is 28.4 Å². The molecule has 2 aromatic carbocycles. The molecule has 2 nitrogen and oxygen atoms in total. The van der Waals surface area contributed by atoms with E-state index in [1.54, 1.807) is 11.8 Å². The van der Waals surface area contributed by atoms with E-state index < -0.39 is 0 Å². The summed E-state index contributed by atoms with van der Waals surface area (Å²) < 4.78 is 1.06. The molecule has 1 saturated carbocycles. The van der Waals surface area contributed by atoms with Gasteiger partial charge in [-0.15, -0.1) is 0 Å². The molecule has 1 fully saturated rings. The van der Waals surface area contributed by atoms with Crippen molar-refractivity contribution in [3.63, 3.8) is 0 Å². The third kappa shape index (κ3) is 4.39. The number of hydrogen-bond acceptors (Lipinski definition) is 2. The smallest absolute Gasteiger partial charge is 0.254 e. The SMILES string of the molecule is CSCc1ccc(C(=O)N(Cc2cccc(Br)c2)C2CC2)cc1. The van der Waals surface area contributed by atoms with Gasteiger partial charge in [-0.05, 0) is 54.5 Å². The van der Waals surface area contributed by atoms with Crippen LogP contribution in [-0.2, 0) is 12.3 Å². The third-order valence-electron chi connectivity index (χ3n) is 4.00. The van der Waals surface area contributed by atoms with Gasteiger partial charge in [0.15, 0.2) is 0 Å². The summed E-state index contributed by atoms with van der Waals surface area (Å²) in [4.78, 5) is 14.9. The molecule has 0 bridgehead atoms. The fraction of sp³-hybridized carbons (Fsp3) is 0.316. The maximum absolute atomic E-state index is 12.9. The van der Waals surface area contributed by atoms with Gasteiger partial charge in [0.2, 0.25) is 0 Å². The van der Waals surface area contributed by atoms with Crippen LogP contribution in [-0.4, -0.2) is 23.1 Å². The van der Waals surface area contributed by atoms with Crippen LogP contribution in [0.1, 0.15) is 34.3 Å². The van der Waals surface area contributed by atoms with Crippen molar-refractivity contribution in [1.82, 2.24) is 4.90 Å². The van der Waals surface area contributed by atoms with Gasteiger partial charge in [-0.3, -0.25) is 4.79 Å². The van der Waals surface area contributed by atoms with Crippen LogP contribution in [0.5, 0.6) is 0 Å². The summed E-state index contributed by atoms with van der Waals surface area (Å²) in [5.74, 6) is 1.13. The molecule has 0 saturated heterocycles. The van der Waals surface area contributed by atoms with Crippen LogP contribution in [0.3, 0.4) is 0 Å². The minimum Gasteiger partial charge on any atom is -0.331 e. The molecule has 1 amide bonds. The lowest BCUT2D eigenvalue weighted by Gasteiger charge is -2.23. The van der Waals surface area contributed by atoms with E-state index in [1.807, 2.05) is 29.2 Å². The number of rotatable bonds is 6. The summed E-state index contributed by atoms with van der Waals surface area (Å²) in [6, 6.07) is 16.6. The monoisotopic (exact) mass is 389 g/mol. The molecule has 0 heterocycles. The third-order valence-corrected chi connectivity index (χ3v) is 5.12. The molecule has 0 atom stereocenters. The first-order valence-electron chi connectivity index (χ1n) is 7.80. The second-order valence-electron chi connectivity index (χ2n) is 5.92. The second kappa shape index (κ2) is 7.54. The van der Waals surface area contributed by atoms with Crippen molar-refractivity contribution in [2.75, 3.05) is 6.26 Å². The molecule has 1 aliphatic carbocycles. The zero-order valence-electron chi connectivity index (χ0n) is 13.2. The van der Waals surface area contributed by atoms with E-state index in [0.29, 0.717) is 12.6 Å². The topological polar surface area (TPSA) is 20.3 Å². The molecule has 1 aliphatic rings. The van der Waals surface area contributed by atoms with E-state index in [0.717, 1.165) is 28.6 Å². The minimum absolute atomic E-state index is 0.142. The maximum Gasteiger partial charge on any atom is 0.254 e. The highest BCUT2D eigenvalue weighted by Gasteiger charge is 2.33. The second-order valence-corrected chi connectivity index (χ2v) is 7.71. The van der Waals surface area contributed by atoms with Gasteiger partial charge in [0.1, 0.15) is 0 Å². The highest BCUT2D eigenvalue weighted by atomic mass is 79.9. The van der Waals surface area contributed by atoms with Crippen molar-refractivity contribution in [3.8, 4) is 0 Å². The van der Waals surface area contributed by atoms with Crippen LogP contribution in [0.25, 0.3) is 0 Å². The summed E-state index contributed by atoms with van der Waals surface area (Å²) in [6.45, 7) is 0.676. The Morgan fingerprint density at radius 1 is 1.17 bits per heavy atom. The summed E-state index contributed by atoms with van der Waals surface area (Å²) >= 11 is 5.30. The Balaban J connectivity index is 1.76. The normalized spacial score (nSPS) is 13.8. The quantitative estimate of drug-likeness (QED) is 0.683. The Labute approximate surface area is 150 Å². The minimum atomic E-state index is 0.142. The van der Waals surface area contributed by atoms with Crippen LogP contribution in [0.2, 0.25) is 0 Å². The summed E-state index contributed by atoms with van der Waals surface area (Å²) in [5.41, 5.74) is 3.22. The number of hydrogen-bond donors (Lipinski definition) is 0. The first-order chi connectivity index (χ1) is 11.2. The lowest BCUT2D eigenvalue weighted by Crippen LogP contribution is -2.32. The van der Waals surface area contributed by atoms with E-state index in [2.05, 4.69) is 46.5 Å². The van der Waals surface area contributed by atoms with Crippen molar-refractivity contribution in [2.45, 2.75) is 31.2 Å². The number of amides is 1. The number of halogens is 1. The molecule has 0 aromatic heterocycles. The first-order valence-corrected chi connectivity index (χ1v) is 9.99. The van der Waals surface area contributed by atoms with Gasteiger partial charge in [0.25, 0.3) is 5.91 Å². The highest BCUT2D eigenvalue weighted by molar-refractivity contribution is 9.10. The predicted octanol–water partition coefficient (Wildman–Crippen LogP) is 5.12. The molecule has 0 aliphatic heterocycles. The Morgan fingerprint density at radius 2 is 1.91 bits per heavy atom. The maximum atomic E-state index is 12.9. The average molecular weight is 390 g/mol. The number of carbonyl (C=O) groups is 1. The Bertz CT molecular complexity index is 682. The van der Waals surface area contributed by atoms with Crippen molar-refractivity contribution >= 4 is 33.6 Å². The lowest BCUT2D eigenvalue weighted by molar-refractivity contribution is 0.0730. The average Bonchev–Trinajstić information content (AvgIpc) is 3.38. The van der Waals surface area contributed by atoms with Crippen LogP contribution < -0.4 is 0 Å². The van der Waals surface area contributed by atoms with Gasteiger partial charge in [-0.25, -0.2) is 0 Å². The number of benzene rings is 2. The Hall–Kier alpha value is -1.26. The fourth-order valence-electron chi connectivity index (χ4n) is 2.66. The Kier molecular flexibility index (Phi) is 5.44. The lowest BCUT2D eigenvalue weighted by atomic mass is 10.1. The number of nitrogens with zero attached hydrogens (tertiary/aromatic N) is 1.